The first-order valence-corrected chi connectivity index (χ1v) is 9.64. The Bertz CT molecular complexity index is 787. The third kappa shape index (κ3) is 5.57. The Morgan fingerprint density at radius 1 is 1.00 bits per heavy atom. The summed E-state index contributed by atoms with van der Waals surface area (Å²) in [7, 11) is 1.52. The number of piperidine rings is 1. The van der Waals surface area contributed by atoms with Crippen LogP contribution in [0.2, 0.25) is 0 Å². The number of likely N-dealkylation sites (tertiary alicyclic amines) is 1. The first kappa shape index (κ1) is 19.9. The van der Waals surface area contributed by atoms with E-state index < -0.39 is 11.8 Å². The summed E-state index contributed by atoms with van der Waals surface area (Å²) in [6, 6.07) is 17.5. The highest BCUT2D eigenvalue weighted by molar-refractivity contribution is 6.39. The van der Waals surface area contributed by atoms with Gasteiger partial charge in [-0.15, -0.1) is 0 Å². The average Bonchev–Trinajstić information content (AvgIpc) is 2.74. The maximum absolute atomic E-state index is 12.1. The molecule has 1 aliphatic heterocycles. The Morgan fingerprint density at radius 3 is 2.39 bits per heavy atom. The molecule has 0 unspecified atom stereocenters. The fourth-order valence-electron chi connectivity index (χ4n) is 3.43. The second-order valence-electron chi connectivity index (χ2n) is 7.07. The van der Waals surface area contributed by atoms with E-state index in [1.165, 1.54) is 12.7 Å². The van der Waals surface area contributed by atoms with Crippen molar-refractivity contribution >= 4 is 17.5 Å². The Kier molecular flexibility index (Phi) is 7.03. The molecule has 0 bridgehead atoms. The van der Waals surface area contributed by atoms with Crippen molar-refractivity contribution in [3.05, 3.63) is 60.2 Å². The van der Waals surface area contributed by atoms with Crippen molar-refractivity contribution in [3.63, 3.8) is 0 Å². The summed E-state index contributed by atoms with van der Waals surface area (Å²) < 4.78 is 5.18. The lowest BCUT2D eigenvalue weighted by atomic mass is 9.96. The Morgan fingerprint density at radius 2 is 1.68 bits per heavy atom. The number of carbonyl (C=O) groups excluding carboxylic acids is 2. The van der Waals surface area contributed by atoms with E-state index in [1.54, 1.807) is 24.3 Å². The van der Waals surface area contributed by atoms with Gasteiger partial charge in [0.1, 0.15) is 5.75 Å². The number of carbonyl (C=O) groups is 2. The first-order valence-electron chi connectivity index (χ1n) is 9.64. The third-order valence-electron chi connectivity index (χ3n) is 5.07. The molecular weight excluding hydrogens is 354 g/mol. The maximum Gasteiger partial charge on any atom is 0.313 e. The molecule has 1 fully saturated rings. The van der Waals surface area contributed by atoms with Crippen molar-refractivity contribution in [3.8, 4) is 5.75 Å². The van der Waals surface area contributed by atoms with Gasteiger partial charge in [-0.2, -0.15) is 0 Å². The van der Waals surface area contributed by atoms with Crippen LogP contribution < -0.4 is 15.4 Å². The van der Waals surface area contributed by atoms with Crippen LogP contribution in [0.25, 0.3) is 0 Å². The standard InChI is InChI=1S/C22H27N3O3/c1-28-20-10-6-5-9-19(20)24-22(27)21(26)23-15-17-11-13-25(14-12-17)16-18-7-3-2-4-8-18/h2-10,17H,11-16H2,1H3,(H,23,26)(H,24,27). The number of benzene rings is 2. The molecule has 3 rings (SSSR count). The van der Waals surface area contributed by atoms with Crippen LogP contribution in [0.3, 0.4) is 0 Å². The van der Waals surface area contributed by atoms with Gasteiger partial charge in [0.25, 0.3) is 0 Å². The Balaban J connectivity index is 1.40. The van der Waals surface area contributed by atoms with Crippen LogP contribution in [0, 0.1) is 5.92 Å². The number of ether oxygens (including phenoxy) is 1. The summed E-state index contributed by atoms with van der Waals surface area (Å²) >= 11 is 0. The van der Waals surface area contributed by atoms with Gasteiger partial charge in [0.05, 0.1) is 12.8 Å². The van der Waals surface area contributed by atoms with E-state index in [-0.39, 0.29) is 0 Å². The summed E-state index contributed by atoms with van der Waals surface area (Å²) in [6.45, 7) is 3.49. The number of rotatable bonds is 6. The number of hydrogen-bond donors (Lipinski definition) is 2. The van der Waals surface area contributed by atoms with Gasteiger partial charge in [0, 0.05) is 13.1 Å². The van der Waals surface area contributed by atoms with Crippen molar-refractivity contribution < 1.29 is 14.3 Å². The number of nitrogens with zero attached hydrogens (tertiary/aromatic N) is 1. The number of nitrogens with one attached hydrogen (secondary N) is 2. The topological polar surface area (TPSA) is 70.7 Å². The van der Waals surface area contributed by atoms with Crippen molar-refractivity contribution in [2.24, 2.45) is 5.92 Å². The van der Waals surface area contributed by atoms with Crippen molar-refractivity contribution in [1.29, 1.82) is 0 Å². The SMILES string of the molecule is COc1ccccc1NC(=O)C(=O)NCC1CCN(Cc2ccccc2)CC1. The molecule has 28 heavy (non-hydrogen) atoms. The van der Waals surface area contributed by atoms with Crippen LogP contribution in [-0.2, 0) is 16.1 Å². The molecule has 1 saturated heterocycles. The summed E-state index contributed by atoms with van der Waals surface area (Å²) in [6.07, 6.45) is 2.03. The van der Waals surface area contributed by atoms with Gasteiger partial charge < -0.3 is 15.4 Å². The third-order valence-corrected chi connectivity index (χ3v) is 5.07. The predicted octanol–water partition coefficient (Wildman–Crippen LogP) is 2.66. The fourth-order valence-corrected chi connectivity index (χ4v) is 3.43. The van der Waals surface area contributed by atoms with E-state index in [9.17, 15) is 9.59 Å². The van der Waals surface area contributed by atoms with Crippen LogP contribution in [0.15, 0.2) is 54.6 Å². The van der Waals surface area contributed by atoms with Gasteiger partial charge in [-0.3, -0.25) is 14.5 Å². The minimum absolute atomic E-state index is 0.398. The molecule has 6 heteroatoms. The molecular formula is C22H27N3O3. The predicted molar refractivity (Wildman–Crippen MR) is 109 cm³/mol. The van der Waals surface area contributed by atoms with Gasteiger partial charge in [0.2, 0.25) is 0 Å². The van der Waals surface area contributed by atoms with Gasteiger partial charge in [0.15, 0.2) is 0 Å². The van der Waals surface area contributed by atoms with Gasteiger partial charge >= 0.3 is 11.8 Å². The zero-order valence-electron chi connectivity index (χ0n) is 16.2. The number of anilines is 1. The highest BCUT2D eigenvalue weighted by Crippen LogP contribution is 2.23. The molecule has 148 valence electrons. The Hall–Kier alpha value is -2.86. The second kappa shape index (κ2) is 9.90. The second-order valence-corrected chi connectivity index (χ2v) is 7.07. The summed E-state index contributed by atoms with van der Waals surface area (Å²) in [5.74, 6) is -0.367. The van der Waals surface area contributed by atoms with Crippen LogP contribution >= 0.6 is 0 Å². The smallest absolute Gasteiger partial charge is 0.313 e. The van der Waals surface area contributed by atoms with E-state index in [4.69, 9.17) is 4.74 Å². The highest BCUT2D eigenvalue weighted by atomic mass is 16.5. The monoisotopic (exact) mass is 381 g/mol. The highest BCUT2D eigenvalue weighted by Gasteiger charge is 2.21. The Labute approximate surface area is 165 Å². The molecule has 1 aliphatic rings. The molecule has 0 radical (unpaired) electrons. The lowest BCUT2D eigenvalue weighted by Gasteiger charge is -2.32. The van der Waals surface area contributed by atoms with E-state index in [2.05, 4.69) is 39.8 Å². The number of para-hydroxylation sites is 2. The number of methoxy groups -OCH3 is 1. The average molecular weight is 381 g/mol. The van der Waals surface area contributed by atoms with Crippen LogP contribution in [0.5, 0.6) is 5.75 Å². The lowest BCUT2D eigenvalue weighted by Crippen LogP contribution is -2.41. The molecule has 0 atom stereocenters. The number of amides is 2. The molecule has 0 aliphatic carbocycles. The summed E-state index contributed by atoms with van der Waals surface area (Å²) in [5.41, 5.74) is 1.81. The normalized spacial score (nSPS) is 15.0. The van der Waals surface area contributed by atoms with E-state index in [1.807, 2.05) is 6.07 Å². The zero-order valence-corrected chi connectivity index (χ0v) is 16.2. The van der Waals surface area contributed by atoms with Crippen LogP contribution in [0.1, 0.15) is 18.4 Å². The van der Waals surface area contributed by atoms with Gasteiger partial charge in [-0.25, -0.2) is 0 Å². The van der Waals surface area contributed by atoms with E-state index in [0.29, 0.717) is 23.9 Å². The van der Waals surface area contributed by atoms with Crippen molar-refractivity contribution in [2.45, 2.75) is 19.4 Å². The van der Waals surface area contributed by atoms with Crippen LogP contribution in [0.4, 0.5) is 5.69 Å². The lowest BCUT2D eigenvalue weighted by molar-refractivity contribution is -0.136. The first-order chi connectivity index (χ1) is 13.7. The van der Waals surface area contributed by atoms with Gasteiger partial charge in [-0.05, 0) is 49.5 Å². The van der Waals surface area contributed by atoms with Crippen molar-refractivity contribution in [2.75, 3.05) is 32.1 Å². The zero-order chi connectivity index (χ0) is 19.8. The molecule has 2 amide bonds. The van der Waals surface area contributed by atoms with Gasteiger partial charge in [-0.1, -0.05) is 42.5 Å². The van der Waals surface area contributed by atoms with E-state index >= 15 is 0 Å². The van der Waals surface area contributed by atoms with E-state index in [0.717, 1.165) is 32.5 Å². The largest absolute Gasteiger partial charge is 0.495 e. The molecule has 0 aromatic heterocycles. The molecule has 2 N–H and O–H groups in total. The quantitative estimate of drug-likeness (QED) is 0.755. The minimum atomic E-state index is -0.675. The molecule has 6 nitrogen and oxygen atoms in total. The van der Waals surface area contributed by atoms with Crippen molar-refractivity contribution in [1.82, 2.24) is 10.2 Å². The summed E-state index contributed by atoms with van der Waals surface area (Å²) in [5, 5.41) is 5.36. The minimum Gasteiger partial charge on any atom is -0.495 e. The maximum atomic E-state index is 12.1. The number of hydrogen-bond acceptors (Lipinski definition) is 4. The molecule has 0 saturated carbocycles. The van der Waals surface area contributed by atoms with Crippen LogP contribution in [-0.4, -0.2) is 43.5 Å². The summed E-state index contributed by atoms with van der Waals surface area (Å²) in [4.78, 5) is 26.7. The molecule has 2 aromatic carbocycles. The molecule has 2 aromatic rings. The molecule has 1 heterocycles. The molecule has 0 spiro atoms. The fraction of sp³-hybridized carbons (Fsp3) is 0.364.